The molecular weight excluding hydrogens is 164 g/mol. The fraction of sp³-hybridized carbons (Fsp3) is 0.400. The highest BCUT2D eigenvalue weighted by molar-refractivity contribution is 5.72. The van der Waals surface area contributed by atoms with Gasteiger partial charge in [0.15, 0.2) is 0 Å². The van der Waals surface area contributed by atoms with Crippen molar-refractivity contribution in [3.63, 3.8) is 0 Å². The number of nitrogens with zero attached hydrogens (tertiary/aromatic N) is 2. The van der Waals surface area contributed by atoms with Crippen LogP contribution in [0, 0.1) is 0 Å². The molecule has 0 fully saturated rings. The van der Waals surface area contributed by atoms with E-state index in [1.165, 1.54) is 0 Å². The van der Waals surface area contributed by atoms with Crippen molar-refractivity contribution in [1.29, 1.82) is 0 Å². The quantitative estimate of drug-likeness (QED) is 0.694. The molecule has 1 heterocycles. The van der Waals surface area contributed by atoms with Crippen LogP contribution in [-0.2, 0) is 11.3 Å². The highest BCUT2D eigenvalue weighted by Crippen LogP contribution is 2.00. The van der Waals surface area contributed by atoms with E-state index in [-0.39, 0.29) is 13.3 Å². The van der Waals surface area contributed by atoms with E-state index >= 15 is 0 Å². The van der Waals surface area contributed by atoms with Gasteiger partial charge in [0.25, 0.3) is 0 Å². The summed E-state index contributed by atoms with van der Waals surface area (Å²) in [6, 6.07) is 3.80. The maximum Gasteiger partial charge on any atom is 0.219 e. The van der Waals surface area contributed by atoms with E-state index in [9.17, 15) is 4.79 Å². The van der Waals surface area contributed by atoms with E-state index in [1.807, 2.05) is 12.1 Å². The van der Waals surface area contributed by atoms with Crippen molar-refractivity contribution in [3.8, 4) is 0 Å². The zero-order valence-corrected chi connectivity index (χ0v) is 7.32. The van der Waals surface area contributed by atoms with E-state index in [4.69, 9.17) is 0 Å². The van der Waals surface area contributed by atoms with Crippen LogP contribution < -0.4 is 0 Å². The normalized spacial score (nSPS) is 8.77. The summed E-state index contributed by atoms with van der Waals surface area (Å²) < 4.78 is 0. The Kier molecular flexibility index (Phi) is 4.74. The third kappa shape index (κ3) is 3.69. The van der Waals surface area contributed by atoms with Gasteiger partial charge in [-0.2, -0.15) is 0 Å². The van der Waals surface area contributed by atoms with Gasteiger partial charge >= 0.3 is 0 Å². The molecule has 0 aliphatic heterocycles. The molecule has 3 nitrogen and oxygen atoms in total. The number of amides is 1. The Morgan fingerprint density at radius 3 is 2.46 bits per heavy atom. The fourth-order valence-corrected chi connectivity index (χ4v) is 0.873. The van der Waals surface area contributed by atoms with Crippen molar-refractivity contribution in [2.45, 2.75) is 20.9 Å². The Bertz CT molecular complexity index is 259. The van der Waals surface area contributed by atoms with Crippen molar-refractivity contribution >= 4 is 5.91 Å². The number of rotatable bonds is 2. The summed E-state index contributed by atoms with van der Waals surface area (Å²) in [6.45, 7) is 2.21. The topological polar surface area (TPSA) is 33.2 Å². The molecule has 0 aliphatic carbocycles. The first-order valence-corrected chi connectivity index (χ1v) is 3.81. The Hall–Kier alpha value is -1.38. The number of hydrogen-bond donors (Lipinski definition) is 0. The smallest absolute Gasteiger partial charge is 0.219 e. The van der Waals surface area contributed by atoms with Gasteiger partial charge in [-0.15, -0.1) is 0 Å². The Morgan fingerprint density at radius 2 is 2.00 bits per heavy atom. The van der Waals surface area contributed by atoms with Crippen LogP contribution in [0.3, 0.4) is 0 Å². The Labute approximate surface area is 79.4 Å². The van der Waals surface area contributed by atoms with Crippen LogP contribution in [0.4, 0.5) is 0 Å². The van der Waals surface area contributed by atoms with E-state index < -0.39 is 0 Å². The van der Waals surface area contributed by atoms with Crippen LogP contribution >= 0.6 is 0 Å². The molecule has 1 aromatic rings. The molecule has 0 bridgehead atoms. The van der Waals surface area contributed by atoms with E-state index in [2.05, 4.69) is 4.98 Å². The van der Waals surface area contributed by atoms with Crippen molar-refractivity contribution in [2.75, 3.05) is 7.05 Å². The molecule has 72 valence electrons. The molecule has 1 amide bonds. The van der Waals surface area contributed by atoms with Gasteiger partial charge in [0.1, 0.15) is 0 Å². The van der Waals surface area contributed by atoms with Gasteiger partial charge in [-0.3, -0.25) is 9.78 Å². The molecule has 1 aromatic heterocycles. The summed E-state index contributed by atoms with van der Waals surface area (Å²) in [5.74, 6) is 0.0758. The minimum absolute atomic E-state index is 0. The molecule has 0 aromatic carbocycles. The lowest BCUT2D eigenvalue weighted by atomic mass is 10.2. The molecule has 0 radical (unpaired) electrons. The Balaban J connectivity index is 0.00000144. The third-order valence-electron chi connectivity index (χ3n) is 1.71. The molecule has 3 heteroatoms. The van der Waals surface area contributed by atoms with E-state index in [1.54, 1.807) is 31.3 Å². The lowest BCUT2D eigenvalue weighted by Crippen LogP contribution is -2.22. The van der Waals surface area contributed by atoms with Crippen LogP contribution in [-0.4, -0.2) is 22.8 Å². The number of hydrogen-bond acceptors (Lipinski definition) is 2. The zero-order chi connectivity index (χ0) is 8.97. The zero-order valence-electron chi connectivity index (χ0n) is 7.32. The second-order valence-electron chi connectivity index (χ2n) is 2.73. The van der Waals surface area contributed by atoms with E-state index in [0.717, 1.165) is 5.56 Å². The second kappa shape index (κ2) is 5.30. The lowest BCUT2D eigenvalue weighted by molar-refractivity contribution is -0.128. The molecule has 0 aliphatic rings. The molecule has 0 atom stereocenters. The lowest BCUT2D eigenvalue weighted by Gasteiger charge is -2.13. The highest BCUT2D eigenvalue weighted by atomic mass is 16.2. The average molecular weight is 180 g/mol. The third-order valence-corrected chi connectivity index (χ3v) is 1.71. The Morgan fingerprint density at radius 1 is 1.46 bits per heavy atom. The summed E-state index contributed by atoms with van der Waals surface area (Å²) in [5.41, 5.74) is 1.10. The van der Waals surface area contributed by atoms with Crippen LogP contribution in [0.25, 0.3) is 0 Å². The first kappa shape index (κ1) is 11.6. The van der Waals surface area contributed by atoms with Crippen LogP contribution in [0.2, 0.25) is 0 Å². The van der Waals surface area contributed by atoms with Gasteiger partial charge in [-0.25, -0.2) is 0 Å². The molecule has 0 unspecified atom stereocenters. The van der Waals surface area contributed by atoms with Crippen molar-refractivity contribution in [2.24, 2.45) is 0 Å². The number of carbonyl (C=O) groups excluding carboxylic acids is 1. The SMILES string of the molecule is C.CC(=O)N(C)Cc1ccncc1. The minimum Gasteiger partial charge on any atom is -0.342 e. The number of pyridine rings is 1. The van der Waals surface area contributed by atoms with Crippen LogP contribution in [0.5, 0.6) is 0 Å². The van der Waals surface area contributed by atoms with Crippen molar-refractivity contribution < 1.29 is 4.79 Å². The average Bonchev–Trinajstić information content (AvgIpc) is 2.06. The molecule has 0 spiro atoms. The van der Waals surface area contributed by atoms with Gasteiger partial charge in [0, 0.05) is 32.9 Å². The van der Waals surface area contributed by atoms with Crippen molar-refractivity contribution in [1.82, 2.24) is 9.88 Å². The fourth-order valence-electron chi connectivity index (χ4n) is 0.873. The predicted octanol–water partition coefficient (Wildman–Crippen LogP) is 1.70. The molecule has 0 saturated heterocycles. The van der Waals surface area contributed by atoms with Crippen LogP contribution in [0.1, 0.15) is 19.9 Å². The number of carbonyl (C=O) groups is 1. The van der Waals surface area contributed by atoms with Crippen LogP contribution in [0.15, 0.2) is 24.5 Å². The summed E-state index contributed by atoms with van der Waals surface area (Å²) >= 11 is 0. The molecule has 0 N–H and O–H groups in total. The maximum absolute atomic E-state index is 10.9. The first-order valence-electron chi connectivity index (χ1n) is 3.81. The van der Waals surface area contributed by atoms with E-state index in [0.29, 0.717) is 6.54 Å². The minimum atomic E-state index is 0. The molecule has 13 heavy (non-hydrogen) atoms. The molecule has 1 rings (SSSR count). The first-order chi connectivity index (χ1) is 5.70. The van der Waals surface area contributed by atoms with Gasteiger partial charge in [-0.05, 0) is 17.7 Å². The summed E-state index contributed by atoms with van der Waals surface area (Å²) in [4.78, 5) is 16.4. The standard InChI is InChI=1S/C9H12N2O.CH4/c1-8(12)11(2)7-9-3-5-10-6-4-9;/h3-6H,7H2,1-2H3;1H4. The maximum atomic E-state index is 10.9. The summed E-state index contributed by atoms with van der Waals surface area (Å²) in [7, 11) is 1.78. The second-order valence-corrected chi connectivity index (χ2v) is 2.73. The summed E-state index contributed by atoms with van der Waals surface area (Å²) in [6.07, 6.45) is 3.45. The number of aromatic nitrogens is 1. The van der Waals surface area contributed by atoms with Gasteiger partial charge in [-0.1, -0.05) is 7.43 Å². The van der Waals surface area contributed by atoms with Gasteiger partial charge in [0.05, 0.1) is 0 Å². The molecule has 0 saturated carbocycles. The van der Waals surface area contributed by atoms with Crippen molar-refractivity contribution in [3.05, 3.63) is 30.1 Å². The van der Waals surface area contributed by atoms with Gasteiger partial charge < -0.3 is 4.90 Å². The largest absolute Gasteiger partial charge is 0.342 e. The van der Waals surface area contributed by atoms with Gasteiger partial charge in [0.2, 0.25) is 5.91 Å². The monoisotopic (exact) mass is 180 g/mol. The highest BCUT2D eigenvalue weighted by Gasteiger charge is 2.01. The summed E-state index contributed by atoms with van der Waals surface area (Å²) in [5, 5.41) is 0. The molecular formula is C10H16N2O. The predicted molar refractivity (Wildman–Crippen MR) is 53.1 cm³/mol.